The Hall–Kier alpha value is -4.27. The molecule has 0 radical (unpaired) electrons. The molecule has 1 aliphatic heterocycles. The van der Waals surface area contributed by atoms with Crippen LogP contribution < -0.4 is 5.32 Å². The Morgan fingerprint density at radius 2 is 2.08 bits per heavy atom. The number of carbonyl (C=O) groups is 2. The normalized spacial score (nSPS) is 19.5. The molecule has 192 valence electrons. The van der Waals surface area contributed by atoms with E-state index in [0.717, 1.165) is 18.4 Å². The van der Waals surface area contributed by atoms with Crippen molar-refractivity contribution in [1.82, 2.24) is 35.4 Å². The Morgan fingerprint density at radius 3 is 2.76 bits per heavy atom. The van der Waals surface area contributed by atoms with Crippen molar-refractivity contribution in [2.24, 2.45) is 0 Å². The molecule has 2 aromatic heterocycles. The van der Waals surface area contributed by atoms with Gasteiger partial charge < -0.3 is 19.4 Å². The summed E-state index contributed by atoms with van der Waals surface area (Å²) in [4.78, 5) is 27.5. The molecule has 12 nitrogen and oxygen atoms in total. The number of hydrogen-bond donors (Lipinski definition) is 1. The van der Waals surface area contributed by atoms with Crippen molar-refractivity contribution < 1.29 is 18.7 Å². The smallest absolute Gasteiger partial charge is 0.410 e. The van der Waals surface area contributed by atoms with Crippen molar-refractivity contribution in [1.29, 1.82) is 5.26 Å². The fourth-order valence-corrected chi connectivity index (χ4v) is 4.52. The van der Waals surface area contributed by atoms with Crippen molar-refractivity contribution in [3.63, 3.8) is 0 Å². The van der Waals surface area contributed by atoms with E-state index in [2.05, 4.69) is 31.9 Å². The van der Waals surface area contributed by atoms with Gasteiger partial charge in [-0.05, 0) is 63.6 Å². The standard InChI is InChI=1S/C25H28N8O4/c1-25(2,3)37-24(35)33-13-17(11-18(33)14-32-9-8-27-31-32)28-21(34)23-30-29-22(36-23)20-10-15(12-26)4-7-19(20)16-5-6-16/h4,7-10,16-18H,5-6,11,13-14H2,1-3H3,(H,28,34)/t17?,18-/m1/s1. The maximum atomic E-state index is 13.0. The number of likely N-dealkylation sites (tertiary alicyclic amines) is 1. The van der Waals surface area contributed by atoms with Gasteiger partial charge in [0.15, 0.2) is 0 Å². The number of nitriles is 1. The zero-order valence-electron chi connectivity index (χ0n) is 20.9. The van der Waals surface area contributed by atoms with E-state index in [9.17, 15) is 14.9 Å². The van der Waals surface area contributed by atoms with Crippen molar-refractivity contribution in [2.45, 2.75) is 70.2 Å². The second-order valence-corrected chi connectivity index (χ2v) is 10.4. The van der Waals surface area contributed by atoms with Crippen LogP contribution in [0.5, 0.6) is 0 Å². The summed E-state index contributed by atoms with van der Waals surface area (Å²) in [5, 5.41) is 28.1. The molecule has 0 spiro atoms. The van der Waals surface area contributed by atoms with Crippen molar-refractivity contribution in [3.05, 3.63) is 47.6 Å². The lowest BCUT2D eigenvalue weighted by molar-refractivity contribution is 0.0207. The second kappa shape index (κ2) is 9.65. The van der Waals surface area contributed by atoms with Crippen LogP contribution in [0.1, 0.15) is 67.8 Å². The summed E-state index contributed by atoms with van der Waals surface area (Å²) in [6, 6.07) is 6.92. The van der Waals surface area contributed by atoms with Crippen LogP contribution >= 0.6 is 0 Å². The maximum Gasteiger partial charge on any atom is 0.410 e. The molecule has 3 aromatic rings. The molecule has 12 heteroatoms. The molecule has 2 aliphatic rings. The Labute approximate surface area is 213 Å². The predicted molar refractivity (Wildman–Crippen MR) is 129 cm³/mol. The van der Waals surface area contributed by atoms with Crippen LogP contribution in [0.2, 0.25) is 0 Å². The Kier molecular flexibility index (Phi) is 6.37. The van der Waals surface area contributed by atoms with Gasteiger partial charge in [-0.15, -0.1) is 15.3 Å². The third kappa shape index (κ3) is 5.61. The van der Waals surface area contributed by atoms with Gasteiger partial charge in [-0.25, -0.2) is 4.79 Å². The quantitative estimate of drug-likeness (QED) is 0.534. The SMILES string of the molecule is CC(C)(C)OC(=O)N1CC(NC(=O)c2nnc(-c3cc(C#N)ccc3C3CC3)o2)C[C@@H]1Cn1ccnn1. The van der Waals surface area contributed by atoms with E-state index < -0.39 is 17.6 Å². The number of nitrogens with zero attached hydrogens (tertiary/aromatic N) is 7. The average Bonchev–Trinajstić information content (AvgIpc) is 3.22. The monoisotopic (exact) mass is 504 g/mol. The molecule has 0 bridgehead atoms. The number of aromatic nitrogens is 5. The van der Waals surface area contributed by atoms with Gasteiger partial charge in [0.2, 0.25) is 5.89 Å². The average molecular weight is 505 g/mol. The Balaban J connectivity index is 1.30. The molecule has 3 heterocycles. The fourth-order valence-electron chi connectivity index (χ4n) is 4.52. The lowest BCUT2D eigenvalue weighted by Crippen LogP contribution is -2.43. The molecule has 1 aliphatic carbocycles. The van der Waals surface area contributed by atoms with E-state index in [1.807, 2.05) is 6.07 Å². The van der Waals surface area contributed by atoms with E-state index >= 15 is 0 Å². The molecule has 5 rings (SSSR count). The first-order valence-corrected chi connectivity index (χ1v) is 12.2. The maximum absolute atomic E-state index is 13.0. The van der Waals surface area contributed by atoms with Crippen LogP contribution in [-0.2, 0) is 11.3 Å². The first-order valence-electron chi connectivity index (χ1n) is 12.2. The summed E-state index contributed by atoms with van der Waals surface area (Å²) >= 11 is 0. The summed E-state index contributed by atoms with van der Waals surface area (Å²) in [6.45, 7) is 6.09. The molecule has 2 atom stereocenters. The number of rotatable bonds is 6. The number of carbonyl (C=O) groups excluding carboxylic acids is 2. The molecule has 2 amide bonds. The highest BCUT2D eigenvalue weighted by Gasteiger charge is 2.39. The molecule has 1 saturated carbocycles. The van der Waals surface area contributed by atoms with E-state index in [-0.39, 0.29) is 30.4 Å². The predicted octanol–water partition coefficient (Wildman–Crippen LogP) is 2.89. The Bertz CT molecular complexity index is 1330. The van der Waals surface area contributed by atoms with Crippen LogP contribution in [0.4, 0.5) is 4.79 Å². The lowest BCUT2D eigenvalue weighted by Gasteiger charge is -2.28. The van der Waals surface area contributed by atoms with E-state index in [4.69, 9.17) is 9.15 Å². The largest absolute Gasteiger partial charge is 0.444 e. The minimum atomic E-state index is -0.654. The molecular formula is C25H28N8O4. The highest BCUT2D eigenvalue weighted by molar-refractivity contribution is 5.90. The molecule has 1 aromatic carbocycles. The Morgan fingerprint density at radius 1 is 1.27 bits per heavy atom. The van der Waals surface area contributed by atoms with Gasteiger partial charge in [0, 0.05) is 24.3 Å². The highest BCUT2D eigenvalue weighted by Crippen LogP contribution is 2.44. The first-order chi connectivity index (χ1) is 17.7. The van der Waals surface area contributed by atoms with Crippen molar-refractivity contribution >= 4 is 12.0 Å². The number of nitrogens with one attached hydrogen (secondary N) is 1. The number of hydrogen-bond acceptors (Lipinski definition) is 9. The number of benzene rings is 1. The van der Waals surface area contributed by atoms with Gasteiger partial charge >= 0.3 is 17.9 Å². The number of amides is 2. The summed E-state index contributed by atoms with van der Waals surface area (Å²) < 4.78 is 13.0. The summed E-state index contributed by atoms with van der Waals surface area (Å²) in [6.07, 6.45) is 5.44. The zero-order chi connectivity index (χ0) is 26.2. The molecular weight excluding hydrogens is 476 g/mol. The third-order valence-electron chi connectivity index (χ3n) is 6.30. The summed E-state index contributed by atoms with van der Waals surface area (Å²) in [7, 11) is 0. The highest BCUT2D eigenvalue weighted by atomic mass is 16.6. The zero-order valence-corrected chi connectivity index (χ0v) is 20.9. The first kappa shape index (κ1) is 24.4. The third-order valence-corrected chi connectivity index (χ3v) is 6.30. The second-order valence-electron chi connectivity index (χ2n) is 10.4. The van der Waals surface area contributed by atoms with Crippen molar-refractivity contribution in [2.75, 3.05) is 6.54 Å². The minimum absolute atomic E-state index is 0.178. The number of ether oxygens (including phenoxy) is 1. The van der Waals surface area contributed by atoms with Gasteiger partial charge in [-0.2, -0.15) is 5.26 Å². The van der Waals surface area contributed by atoms with Crippen LogP contribution in [0, 0.1) is 11.3 Å². The molecule has 1 N–H and O–H groups in total. The van der Waals surface area contributed by atoms with Gasteiger partial charge in [0.05, 0.1) is 30.4 Å². The van der Waals surface area contributed by atoms with E-state index in [1.165, 1.54) is 0 Å². The molecule has 1 unspecified atom stereocenters. The summed E-state index contributed by atoms with van der Waals surface area (Å²) in [5.41, 5.74) is 1.54. The van der Waals surface area contributed by atoms with Gasteiger partial charge in [0.25, 0.3) is 0 Å². The fraction of sp³-hybridized carbons (Fsp3) is 0.480. The molecule has 1 saturated heterocycles. The molecule has 2 fully saturated rings. The van der Waals surface area contributed by atoms with Crippen molar-refractivity contribution in [3.8, 4) is 17.5 Å². The van der Waals surface area contributed by atoms with Crippen LogP contribution in [0.3, 0.4) is 0 Å². The van der Waals surface area contributed by atoms with Crippen LogP contribution in [0.15, 0.2) is 35.0 Å². The lowest BCUT2D eigenvalue weighted by atomic mass is 10.0. The van der Waals surface area contributed by atoms with E-state index in [1.54, 1.807) is 54.9 Å². The van der Waals surface area contributed by atoms with Gasteiger partial charge in [0.1, 0.15) is 5.60 Å². The molecule has 37 heavy (non-hydrogen) atoms. The van der Waals surface area contributed by atoms with Gasteiger partial charge in [-0.1, -0.05) is 11.3 Å². The van der Waals surface area contributed by atoms with Crippen LogP contribution in [0.25, 0.3) is 11.5 Å². The summed E-state index contributed by atoms with van der Waals surface area (Å²) in [5.74, 6) is -0.109. The topological polar surface area (TPSA) is 152 Å². The van der Waals surface area contributed by atoms with Gasteiger partial charge in [-0.3, -0.25) is 9.48 Å². The minimum Gasteiger partial charge on any atom is -0.444 e. The van der Waals surface area contributed by atoms with E-state index in [0.29, 0.717) is 30.0 Å². The van der Waals surface area contributed by atoms with Crippen LogP contribution in [-0.4, -0.2) is 66.3 Å².